The van der Waals surface area contributed by atoms with Crippen molar-refractivity contribution >= 4 is 30.0 Å². The first-order valence-electron chi connectivity index (χ1n) is 10.9. The van der Waals surface area contributed by atoms with Crippen LogP contribution in [0.25, 0.3) is 0 Å². The smallest absolute Gasteiger partial charge is 0.275 e. The summed E-state index contributed by atoms with van der Waals surface area (Å²) >= 11 is 1.12. The van der Waals surface area contributed by atoms with Gasteiger partial charge in [-0.05, 0) is 50.1 Å². The van der Waals surface area contributed by atoms with E-state index in [9.17, 15) is 9.59 Å². The van der Waals surface area contributed by atoms with Crippen LogP contribution in [0.4, 0.5) is 0 Å². The van der Waals surface area contributed by atoms with Crippen molar-refractivity contribution in [1.82, 2.24) is 14.8 Å². The SMILES string of the molecule is C=C/C=C(\C=C/CN1N=C(C)/C(=C/C2C=CC=C(N(CC)CCN(C)C=O)C=C2)C1=O)SN. The molecular weight excluding hydrogens is 434 g/mol. The number of carbonyl (C=O) groups excluding carboxylic acids is 2. The van der Waals surface area contributed by atoms with E-state index in [2.05, 4.69) is 47.8 Å². The topological polar surface area (TPSA) is 82.2 Å². The molecule has 0 fully saturated rings. The third-order valence-electron chi connectivity index (χ3n) is 5.20. The molecule has 0 bridgehead atoms. The Balaban J connectivity index is 2.05. The second-order valence-corrected chi connectivity index (χ2v) is 8.26. The molecule has 2 aliphatic rings. The Morgan fingerprint density at radius 2 is 2.15 bits per heavy atom. The maximum atomic E-state index is 12.9. The number of carbonyl (C=O) groups is 2. The first kappa shape index (κ1) is 26.2. The van der Waals surface area contributed by atoms with E-state index >= 15 is 0 Å². The van der Waals surface area contributed by atoms with Gasteiger partial charge in [-0.3, -0.25) is 14.7 Å². The molecule has 2 amide bonds. The summed E-state index contributed by atoms with van der Waals surface area (Å²) in [6.07, 6.45) is 20.2. The Kier molecular flexibility index (Phi) is 10.7. The molecule has 0 aromatic rings. The minimum Gasteiger partial charge on any atom is -0.370 e. The summed E-state index contributed by atoms with van der Waals surface area (Å²) in [7, 11) is 1.77. The lowest BCUT2D eigenvalue weighted by molar-refractivity contribution is -0.125. The molecule has 33 heavy (non-hydrogen) atoms. The molecule has 8 heteroatoms. The van der Waals surface area contributed by atoms with E-state index in [-0.39, 0.29) is 11.8 Å². The first-order chi connectivity index (χ1) is 15.9. The maximum Gasteiger partial charge on any atom is 0.275 e. The summed E-state index contributed by atoms with van der Waals surface area (Å²) < 4.78 is 0. The fourth-order valence-corrected chi connectivity index (χ4v) is 3.69. The molecule has 2 rings (SSSR count). The van der Waals surface area contributed by atoms with Gasteiger partial charge in [0.15, 0.2) is 0 Å². The Morgan fingerprint density at radius 1 is 1.36 bits per heavy atom. The Morgan fingerprint density at radius 3 is 2.82 bits per heavy atom. The average molecular weight is 468 g/mol. The zero-order valence-electron chi connectivity index (χ0n) is 19.6. The molecule has 0 saturated heterocycles. The fourth-order valence-electron chi connectivity index (χ4n) is 3.34. The van der Waals surface area contributed by atoms with Crippen molar-refractivity contribution in [1.29, 1.82) is 0 Å². The van der Waals surface area contributed by atoms with E-state index in [1.165, 1.54) is 5.01 Å². The molecule has 176 valence electrons. The molecule has 1 heterocycles. The zero-order valence-corrected chi connectivity index (χ0v) is 20.4. The lowest BCUT2D eigenvalue weighted by Gasteiger charge is -2.25. The van der Waals surface area contributed by atoms with Crippen LogP contribution in [0.2, 0.25) is 0 Å². The third-order valence-corrected chi connectivity index (χ3v) is 5.75. The van der Waals surface area contributed by atoms with Gasteiger partial charge >= 0.3 is 0 Å². The standard InChI is InChI=1S/C25H33N5O2S/c1-5-9-23(33-26)12-8-15-30-25(32)24(20(3)27-30)18-21-10-7-11-22(14-13-21)29(6-2)17-16-28(4)19-31/h5,7-14,18-19,21H,1,6,15-17,26H2,2-4H3/b12-8-,23-9+,24-18-. The van der Waals surface area contributed by atoms with Gasteiger partial charge in [-0.2, -0.15) is 5.10 Å². The molecule has 1 aliphatic carbocycles. The van der Waals surface area contributed by atoms with Crippen molar-refractivity contribution in [2.24, 2.45) is 16.2 Å². The van der Waals surface area contributed by atoms with Crippen molar-refractivity contribution in [2.45, 2.75) is 13.8 Å². The second-order valence-electron chi connectivity index (χ2n) is 7.56. The van der Waals surface area contributed by atoms with Crippen LogP contribution >= 0.6 is 11.9 Å². The van der Waals surface area contributed by atoms with Gasteiger partial charge in [0, 0.05) is 43.2 Å². The van der Waals surface area contributed by atoms with Crippen LogP contribution in [-0.2, 0) is 9.59 Å². The molecule has 0 spiro atoms. The number of nitrogens with two attached hydrogens (primary N) is 1. The quantitative estimate of drug-likeness (QED) is 0.206. The minimum absolute atomic E-state index is 0.0227. The number of amides is 2. The van der Waals surface area contributed by atoms with Crippen molar-refractivity contribution in [2.75, 3.05) is 33.2 Å². The average Bonchev–Trinajstić information content (AvgIpc) is 2.97. The molecule has 2 N–H and O–H groups in total. The van der Waals surface area contributed by atoms with E-state index in [1.54, 1.807) is 24.1 Å². The maximum absolute atomic E-state index is 12.9. The molecule has 0 aromatic heterocycles. The van der Waals surface area contributed by atoms with E-state index in [0.717, 1.165) is 42.0 Å². The minimum atomic E-state index is -0.113. The monoisotopic (exact) mass is 467 g/mol. The lowest BCUT2D eigenvalue weighted by atomic mass is 10.0. The van der Waals surface area contributed by atoms with Gasteiger partial charge in [-0.15, -0.1) is 0 Å². The van der Waals surface area contributed by atoms with E-state index in [0.29, 0.717) is 24.4 Å². The van der Waals surface area contributed by atoms with Crippen molar-refractivity contribution in [3.8, 4) is 0 Å². The van der Waals surface area contributed by atoms with Gasteiger partial charge in [-0.25, -0.2) is 5.01 Å². The number of hydrogen-bond donors (Lipinski definition) is 1. The van der Waals surface area contributed by atoms with E-state index < -0.39 is 0 Å². The number of allylic oxidation sites excluding steroid dienone is 9. The predicted octanol–water partition coefficient (Wildman–Crippen LogP) is 3.40. The second kappa shape index (κ2) is 13.4. The van der Waals surface area contributed by atoms with Crippen LogP contribution in [-0.4, -0.2) is 66.1 Å². The molecule has 0 saturated carbocycles. The summed E-state index contributed by atoms with van der Waals surface area (Å²) in [5.74, 6) is -0.136. The number of likely N-dealkylation sites (N-methyl/N-ethyl adjacent to an activating group) is 2. The van der Waals surface area contributed by atoms with Gasteiger partial charge in [-0.1, -0.05) is 43.0 Å². The third kappa shape index (κ3) is 7.76. The lowest BCUT2D eigenvalue weighted by Crippen LogP contribution is -2.31. The van der Waals surface area contributed by atoms with Crippen molar-refractivity contribution < 1.29 is 9.59 Å². The highest BCUT2D eigenvalue weighted by Gasteiger charge is 2.27. The zero-order chi connectivity index (χ0) is 24.2. The largest absolute Gasteiger partial charge is 0.370 e. The van der Waals surface area contributed by atoms with E-state index in [1.807, 2.05) is 31.2 Å². The summed E-state index contributed by atoms with van der Waals surface area (Å²) in [5.41, 5.74) is 2.39. The van der Waals surface area contributed by atoms with Gasteiger partial charge < -0.3 is 9.80 Å². The van der Waals surface area contributed by atoms with Gasteiger partial charge in [0.25, 0.3) is 5.91 Å². The van der Waals surface area contributed by atoms with E-state index in [4.69, 9.17) is 5.14 Å². The molecule has 0 aromatic carbocycles. The molecule has 1 unspecified atom stereocenters. The van der Waals surface area contributed by atoms with Gasteiger partial charge in [0.05, 0.1) is 17.8 Å². The highest BCUT2D eigenvalue weighted by atomic mass is 32.2. The Bertz CT molecular complexity index is 942. The molecule has 1 atom stereocenters. The van der Waals surface area contributed by atoms with Crippen LogP contribution in [0.3, 0.4) is 0 Å². The summed E-state index contributed by atoms with van der Waals surface area (Å²) in [5, 5.41) is 11.5. The Labute approximate surface area is 201 Å². The highest BCUT2D eigenvalue weighted by molar-refractivity contribution is 8.01. The van der Waals surface area contributed by atoms with Crippen LogP contribution < -0.4 is 5.14 Å². The normalized spacial score (nSPS) is 19.7. The predicted molar refractivity (Wildman–Crippen MR) is 138 cm³/mol. The summed E-state index contributed by atoms with van der Waals surface area (Å²) in [6, 6.07) is 0. The number of hydrogen-bond acceptors (Lipinski definition) is 6. The highest BCUT2D eigenvalue weighted by Crippen LogP contribution is 2.21. The molecular formula is C25H33N5O2S. The van der Waals surface area contributed by atoms with Crippen molar-refractivity contribution in [3.05, 3.63) is 83.5 Å². The summed E-state index contributed by atoms with van der Waals surface area (Å²) in [4.78, 5) is 28.4. The van der Waals surface area contributed by atoms with Gasteiger partial charge in [0.2, 0.25) is 6.41 Å². The first-order valence-corrected chi connectivity index (χ1v) is 11.7. The number of nitrogens with zero attached hydrogens (tertiary/aromatic N) is 4. The number of hydrazone groups is 1. The van der Waals surface area contributed by atoms with Crippen LogP contribution in [0.1, 0.15) is 13.8 Å². The van der Waals surface area contributed by atoms with Crippen LogP contribution in [0.15, 0.2) is 88.6 Å². The fraction of sp³-hybridized carbons (Fsp3) is 0.320. The van der Waals surface area contributed by atoms with Crippen molar-refractivity contribution in [3.63, 3.8) is 0 Å². The van der Waals surface area contributed by atoms with Gasteiger partial charge in [0.1, 0.15) is 0 Å². The summed E-state index contributed by atoms with van der Waals surface area (Å²) in [6.45, 7) is 10.2. The number of rotatable bonds is 12. The molecule has 7 nitrogen and oxygen atoms in total. The Hall–Kier alpha value is -3.10. The van der Waals surface area contributed by atoms with Crippen LogP contribution in [0, 0.1) is 5.92 Å². The van der Waals surface area contributed by atoms with Crippen LogP contribution in [0.5, 0.6) is 0 Å². The molecule has 0 radical (unpaired) electrons. The molecule has 1 aliphatic heterocycles.